The minimum absolute atomic E-state index is 0.142. The molecular weight excluding hydrogens is 357 g/mol. The van der Waals surface area contributed by atoms with Crippen molar-refractivity contribution >= 4 is 26.8 Å². The summed E-state index contributed by atoms with van der Waals surface area (Å²) in [7, 11) is -2.56. The van der Waals surface area contributed by atoms with Crippen LogP contribution in [0.15, 0.2) is 57.8 Å². The second-order valence-corrected chi connectivity index (χ2v) is 8.08. The molecule has 1 heterocycles. The first-order valence-electron chi connectivity index (χ1n) is 7.99. The van der Waals surface area contributed by atoms with Crippen LogP contribution in [0.5, 0.6) is 0 Å². The van der Waals surface area contributed by atoms with Crippen molar-refractivity contribution in [2.75, 3.05) is 7.05 Å². The Morgan fingerprint density at radius 1 is 1.15 bits per heavy atom. The van der Waals surface area contributed by atoms with Crippen molar-refractivity contribution in [2.24, 2.45) is 0 Å². The minimum atomic E-state index is -3.97. The number of rotatable bonds is 5. The lowest BCUT2D eigenvalue weighted by molar-refractivity contribution is 0.101. The number of halogens is 1. The van der Waals surface area contributed by atoms with Crippen LogP contribution in [0.4, 0.5) is 4.39 Å². The Morgan fingerprint density at radius 3 is 2.46 bits per heavy atom. The molecule has 1 unspecified atom stereocenters. The topological polar surface area (TPSA) is 67.6 Å². The van der Waals surface area contributed by atoms with Gasteiger partial charge in [0, 0.05) is 12.4 Å². The van der Waals surface area contributed by atoms with E-state index in [0.717, 1.165) is 15.8 Å². The Bertz CT molecular complexity index is 1050. The third kappa shape index (κ3) is 3.15. The van der Waals surface area contributed by atoms with Gasteiger partial charge in [0.05, 0.1) is 16.5 Å². The van der Waals surface area contributed by atoms with E-state index in [9.17, 15) is 17.6 Å². The van der Waals surface area contributed by atoms with Gasteiger partial charge in [-0.05, 0) is 44.2 Å². The van der Waals surface area contributed by atoms with E-state index in [0.29, 0.717) is 11.3 Å². The smallest absolute Gasteiger partial charge is 0.243 e. The molecule has 0 saturated carbocycles. The van der Waals surface area contributed by atoms with Gasteiger partial charge >= 0.3 is 0 Å². The van der Waals surface area contributed by atoms with Gasteiger partial charge in [-0.2, -0.15) is 4.31 Å². The zero-order valence-corrected chi connectivity index (χ0v) is 15.4. The fraction of sp³-hybridized carbons (Fsp3) is 0.211. The summed E-state index contributed by atoms with van der Waals surface area (Å²) in [5, 5.41) is 0.872. The molecule has 0 spiro atoms. The lowest BCUT2D eigenvalue weighted by atomic mass is 10.1. The molecule has 1 aromatic heterocycles. The number of ketones is 1. The lowest BCUT2D eigenvalue weighted by Gasteiger charge is -2.23. The van der Waals surface area contributed by atoms with E-state index in [2.05, 4.69) is 0 Å². The second kappa shape index (κ2) is 6.66. The average molecular weight is 375 g/mol. The van der Waals surface area contributed by atoms with Crippen LogP contribution >= 0.6 is 0 Å². The highest BCUT2D eigenvalue weighted by Crippen LogP contribution is 2.30. The molecule has 0 radical (unpaired) electrons. The van der Waals surface area contributed by atoms with Crippen molar-refractivity contribution in [3.05, 3.63) is 65.7 Å². The summed E-state index contributed by atoms with van der Waals surface area (Å²) in [5.41, 5.74) is 0.522. The molecule has 3 aromatic rings. The Labute approximate surface area is 151 Å². The number of fused-ring (bicyclic) bond motifs is 1. The summed E-state index contributed by atoms with van der Waals surface area (Å²) in [4.78, 5) is 11.1. The lowest BCUT2D eigenvalue weighted by Crippen LogP contribution is -2.29. The minimum Gasteiger partial charge on any atom is -0.459 e. The number of carbonyl (C=O) groups excluding carboxylic acids is 1. The first kappa shape index (κ1) is 18.3. The summed E-state index contributed by atoms with van der Waals surface area (Å²) in [5.74, 6) is -0.836. The maximum atomic E-state index is 14.0. The normalized spacial score (nSPS) is 13.3. The van der Waals surface area contributed by atoms with Crippen LogP contribution in [-0.2, 0) is 10.0 Å². The number of Topliss-reactive ketones (excluding diaryl/α,β-unsaturated/α-hetero) is 1. The molecule has 0 N–H and O–H groups in total. The summed E-state index contributed by atoms with van der Waals surface area (Å²) >= 11 is 0. The van der Waals surface area contributed by atoms with Crippen LogP contribution in [0.2, 0.25) is 0 Å². The first-order valence-corrected chi connectivity index (χ1v) is 9.43. The van der Waals surface area contributed by atoms with Crippen molar-refractivity contribution in [3.63, 3.8) is 0 Å². The Kier molecular flexibility index (Phi) is 4.68. The number of sulfonamides is 1. The molecule has 7 heteroatoms. The molecule has 26 heavy (non-hydrogen) atoms. The molecule has 0 saturated heterocycles. The molecule has 0 amide bonds. The molecular formula is C19H18FNO4S. The number of hydrogen-bond donors (Lipinski definition) is 0. The van der Waals surface area contributed by atoms with E-state index in [-0.39, 0.29) is 10.5 Å². The van der Waals surface area contributed by atoms with Crippen molar-refractivity contribution in [2.45, 2.75) is 24.8 Å². The average Bonchev–Trinajstić information content (AvgIpc) is 3.04. The Balaban J connectivity index is 1.95. The van der Waals surface area contributed by atoms with Gasteiger partial charge in [-0.3, -0.25) is 4.79 Å². The summed E-state index contributed by atoms with van der Waals surface area (Å²) in [6.07, 6.45) is 0. The SMILES string of the molecule is CC(=O)c1ccc(S(=O)(=O)N(C)C(C)c2cc3ccccc3o2)cc1F. The second-order valence-electron chi connectivity index (χ2n) is 6.08. The number of furan rings is 1. The number of carbonyl (C=O) groups is 1. The Morgan fingerprint density at radius 2 is 1.85 bits per heavy atom. The molecule has 0 aliphatic rings. The maximum absolute atomic E-state index is 14.0. The van der Waals surface area contributed by atoms with Gasteiger partial charge < -0.3 is 4.42 Å². The van der Waals surface area contributed by atoms with Gasteiger partial charge in [-0.1, -0.05) is 18.2 Å². The maximum Gasteiger partial charge on any atom is 0.243 e. The Hall–Kier alpha value is -2.51. The van der Waals surface area contributed by atoms with Crippen molar-refractivity contribution in [1.82, 2.24) is 4.31 Å². The molecule has 2 aromatic carbocycles. The van der Waals surface area contributed by atoms with Gasteiger partial charge in [0.25, 0.3) is 0 Å². The third-order valence-electron chi connectivity index (χ3n) is 4.40. The summed E-state index contributed by atoms with van der Waals surface area (Å²) in [6.45, 7) is 2.91. The van der Waals surface area contributed by atoms with E-state index in [1.165, 1.54) is 26.1 Å². The van der Waals surface area contributed by atoms with E-state index in [1.54, 1.807) is 19.1 Å². The van der Waals surface area contributed by atoms with Crippen LogP contribution in [0.1, 0.15) is 36.0 Å². The van der Waals surface area contributed by atoms with Gasteiger partial charge in [-0.25, -0.2) is 12.8 Å². The van der Waals surface area contributed by atoms with Crippen LogP contribution < -0.4 is 0 Å². The van der Waals surface area contributed by atoms with Crippen molar-refractivity contribution < 1.29 is 22.0 Å². The number of hydrogen-bond acceptors (Lipinski definition) is 4. The van der Waals surface area contributed by atoms with Gasteiger partial charge in [0.15, 0.2) is 5.78 Å². The molecule has 0 fully saturated rings. The van der Waals surface area contributed by atoms with Crippen LogP contribution in [0.25, 0.3) is 11.0 Å². The fourth-order valence-corrected chi connectivity index (χ4v) is 4.05. The summed E-state index contributed by atoms with van der Waals surface area (Å²) < 4.78 is 46.5. The molecule has 136 valence electrons. The number of benzene rings is 2. The zero-order chi connectivity index (χ0) is 19.1. The quantitative estimate of drug-likeness (QED) is 0.628. The predicted molar refractivity (Wildman–Crippen MR) is 96.0 cm³/mol. The van der Waals surface area contributed by atoms with Gasteiger partial charge in [0.1, 0.15) is 17.2 Å². The molecule has 3 rings (SSSR count). The highest BCUT2D eigenvalue weighted by molar-refractivity contribution is 7.89. The van der Waals surface area contributed by atoms with Gasteiger partial charge in [0.2, 0.25) is 10.0 Å². The van der Waals surface area contributed by atoms with E-state index in [1.807, 2.05) is 18.2 Å². The van der Waals surface area contributed by atoms with Crippen LogP contribution in [-0.4, -0.2) is 25.6 Å². The van der Waals surface area contributed by atoms with Crippen LogP contribution in [0, 0.1) is 5.82 Å². The number of para-hydroxylation sites is 1. The zero-order valence-electron chi connectivity index (χ0n) is 14.6. The molecule has 0 aliphatic heterocycles. The third-order valence-corrected chi connectivity index (χ3v) is 6.32. The molecule has 5 nitrogen and oxygen atoms in total. The highest BCUT2D eigenvalue weighted by Gasteiger charge is 2.29. The fourth-order valence-electron chi connectivity index (χ4n) is 2.70. The monoisotopic (exact) mass is 375 g/mol. The predicted octanol–water partition coefficient (Wildman–Crippen LogP) is 4.16. The van der Waals surface area contributed by atoms with E-state index in [4.69, 9.17) is 4.42 Å². The highest BCUT2D eigenvalue weighted by atomic mass is 32.2. The van der Waals surface area contributed by atoms with Crippen LogP contribution in [0.3, 0.4) is 0 Å². The largest absolute Gasteiger partial charge is 0.459 e. The van der Waals surface area contributed by atoms with E-state index >= 15 is 0 Å². The molecule has 1 atom stereocenters. The van der Waals surface area contributed by atoms with Gasteiger partial charge in [-0.15, -0.1) is 0 Å². The van der Waals surface area contributed by atoms with Crippen molar-refractivity contribution in [3.8, 4) is 0 Å². The standard InChI is InChI=1S/C19H18FNO4S/c1-12(19-10-14-6-4-5-7-18(14)25-19)21(3)26(23,24)15-8-9-16(13(2)22)17(20)11-15/h4-12H,1-3H3. The molecule has 0 aliphatic carbocycles. The summed E-state index contributed by atoms with van der Waals surface area (Å²) in [6, 6.07) is 11.9. The first-order chi connectivity index (χ1) is 12.2. The van der Waals surface area contributed by atoms with E-state index < -0.39 is 27.7 Å². The van der Waals surface area contributed by atoms with Crippen molar-refractivity contribution in [1.29, 1.82) is 0 Å². The number of nitrogens with zero attached hydrogens (tertiary/aromatic N) is 1. The molecule has 0 bridgehead atoms.